The Morgan fingerprint density at radius 1 is 1.36 bits per heavy atom. The van der Waals surface area contributed by atoms with Gasteiger partial charge in [0.05, 0.1) is 6.10 Å². The fourth-order valence-electron chi connectivity index (χ4n) is 1.05. The fraction of sp³-hybridized carbons (Fsp3) is 0.182. The quantitative estimate of drug-likeness (QED) is 0.717. The Balaban J connectivity index is 2.82. The number of carboxylic acid groups (broad SMARTS) is 1. The first-order valence-corrected chi connectivity index (χ1v) is 4.26. The lowest BCUT2D eigenvalue weighted by atomic mass is 10.1. The SMILES string of the molecule is C/C(=C\C(O)c1ccccc1)C(=O)O. The lowest BCUT2D eigenvalue weighted by Crippen LogP contribution is -2.00. The molecule has 0 saturated heterocycles. The molecule has 0 amide bonds. The third kappa shape index (κ3) is 2.71. The molecule has 0 heterocycles. The summed E-state index contributed by atoms with van der Waals surface area (Å²) >= 11 is 0. The lowest BCUT2D eigenvalue weighted by Gasteiger charge is -2.05. The van der Waals surface area contributed by atoms with Gasteiger partial charge in [0.25, 0.3) is 0 Å². The van der Waals surface area contributed by atoms with Gasteiger partial charge in [-0.2, -0.15) is 0 Å². The summed E-state index contributed by atoms with van der Waals surface area (Å²) in [6, 6.07) is 8.92. The van der Waals surface area contributed by atoms with Crippen molar-refractivity contribution in [2.24, 2.45) is 0 Å². The smallest absolute Gasteiger partial charge is 0.331 e. The van der Waals surface area contributed by atoms with E-state index in [0.29, 0.717) is 5.56 Å². The van der Waals surface area contributed by atoms with Crippen LogP contribution in [-0.2, 0) is 4.79 Å². The first-order valence-electron chi connectivity index (χ1n) is 4.26. The van der Waals surface area contributed by atoms with Crippen LogP contribution in [-0.4, -0.2) is 16.2 Å². The molecule has 1 unspecified atom stereocenters. The third-order valence-corrected chi connectivity index (χ3v) is 1.89. The van der Waals surface area contributed by atoms with Gasteiger partial charge in [-0.05, 0) is 18.6 Å². The van der Waals surface area contributed by atoms with Crippen molar-refractivity contribution in [2.75, 3.05) is 0 Å². The molecule has 3 nitrogen and oxygen atoms in total. The summed E-state index contributed by atoms with van der Waals surface area (Å²) in [6.07, 6.45) is 0.463. The summed E-state index contributed by atoms with van der Waals surface area (Å²) in [5, 5.41) is 18.2. The Morgan fingerprint density at radius 2 is 1.93 bits per heavy atom. The molecular weight excluding hydrogens is 180 g/mol. The highest BCUT2D eigenvalue weighted by molar-refractivity contribution is 5.85. The Kier molecular flexibility index (Phi) is 3.42. The van der Waals surface area contributed by atoms with E-state index in [0.717, 1.165) is 0 Å². The normalized spacial score (nSPS) is 13.7. The number of aliphatic hydroxyl groups excluding tert-OH is 1. The molecule has 0 aliphatic carbocycles. The van der Waals surface area contributed by atoms with Crippen LogP contribution in [0.2, 0.25) is 0 Å². The van der Waals surface area contributed by atoms with Crippen LogP contribution < -0.4 is 0 Å². The molecule has 1 aromatic carbocycles. The highest BCUT2D eigenvalue weighted by Gasteiger charge is 2.06. The summed E-state index contributed by atoms with van der Waals surface area (Å²) in [5.41, 5.74) is 0.828. The first-order chi connectivity index (χ1) is 6.61. The molecule has 0 spiro atoms. The van der Waals surface area contributed by atoms with Gasteiger partial charge in [0.15, 0.2) is 0 Å². The minimum atomic E-state index is -1.01. The number of hydrogen-bond acceptors (Lipinski definition) is 2. The van der Waals surface area contributed by atoms with E-state index < -0.39 is 12.1 Å². The van der Waals surface area contributed by atoms with Crippen molar-refractivity contribution < 1.29 is 15.0 Å². The number of hydrogen-bond donors (Lipinski definition) is 2. The van der Waals surface area contributed by atoms with Crippen molar-refractivity contribution in [1.29, 1.82) is 0 Å². The summed E-state index contributed by atoms with van der Waals surface area (Å²) in [4.78, 5) is 10.5. The third-order valence-electron chi connectivity index (χ3n) is 1.89. The molecule has 0 radical (unpaired) electrons. The van der Waals surface area contributed by atoms with Gasteiger partial charge in [-0.25, -0.2) is 4.79 Å². The molecule has 0 saturated carbocycles. The largest absolute Gasteiger partial charge is 0.478 e. The summed E-state index contributed by atoms with van der Waals surface area (Å²) < 4.78 is 0. The van der Waals surface area contributed by atoms with E-state index in [1.54, 1.807) is 24.3 Å². The second kappa shape index (κ2) is 4.58. The van der Waals surface area contributed by atoms with Gasteiger partial charge in [0.1, 0.15) is 0 Å². The molecule has 1 aromatic rings. The van der Waals surface area contributed by atoms with Gasteiger partial charge in [-0.15, -0.1) is 0 Å². The number of aliphatic carboxylic acids is 1. The number of rotatable bonds is 3. The van der Waals surface area contributed by atoms with Crippen molar-refractivity contribution in [3.05, 3.63) is 47.5 Å². The average molecular weight is 192 g/mol. The van der Waals surface area contributed by atoms with Gasteiger partial charge in [-0.3, -0.25) is 0 Å². The predicted molar refractivity (Wildman–Crippen MR) is 52.8 cm³/mol. The van der Waals surface area contributed by atoms with Crippen molar-refractivity contribution >= 4 is 5.97 Å². The molecule has 0 aromatic heterocycles. The maximum absolute atomic E-state index is 10.5. The molecule has 0 aliphatic heterocycles. The van der Waals surface area contributed by atoms with Gasteiger partial charge >= 0.3 is 5.97 Å². The zero-order chi connectivity index (χ0) is 10.6. The van der Waals surface area contributed by atoms with Crippen LogP contribution in [0.4, 0.5) is 0 Å². The van der Waals surface area contributed by atoms with E-state index >= 15 is 0 Å². The predicted octanol–water partition coefficient (Wildman–Crippen LogP) is 1.75. The molecule has 0 aliphatic rings. The average Bonchev–Trinajstić information content (AvgIpc) is 2.19. The van der Waals surface area contributed by atoms with E-state index in [4.69, 9.17) is 5.11 Å². The Labute approximate surface area is 82.3 Å². The molecule has 0 bridgehead atoms. The molecule has 3 heteroatoms. The second-order valence-electron chi connectivity index (χ2n) is 3.01. The molecule has 1 atom stereocenters. The summed E-state index contributed by atoms with van der Waals surface area (Å²) in [5.74, 6) is -1.01. The van der Waals surface area contributed by atoms with Crippen LogP contribution >= 0.6 is 0 Å². The Morgan fingerprint density at radius 3 is 2.43 bits per heavy atom. The standard InChI is InChI=1S/C11H12O3/c1-8(11(13)14)7-10(12)9-5-3-2-4-6-9/h2-7,10,12H,1H3,(H,13,14)/b8-7+. The summed E-state index contributed by atoms with van der Waals surface area (Å²) in [6.45, 7) is 1.45. The fourth-order valence-corrected chi connectivity index (χ4v) is 1.05. The van der Waals surface area contributed by atoms with Crippen molar-refractivity contribution in [1.82, 2.24) is 0 Å². The van der Waals surface area contributed by atoms with Crippen molar-refractivity contribution in [3.8, 4) is 0 Å². The van der Waals surface area contributed by atoms with Gasteiger partial charge < -0.3 is 10.2 Å². The van der Waals surface area contributed by atoms with Crippen LogP contribution in [0.15, 0.2) is 42.0 Å². The topological polar surface area (TPSA) is 57.5 Å². The molecule has 14 heavy (non-hydrogen) atoms. The zero-order valence-electron chi connectivity index (χ0n) is 7.84. The van der Waals surface area contributed by atoms with Crippen LogP contribution in [0.5, 0.6) is 0 Å². The highest BCUT2D eigenvalue weighted by atomic mass is 16.4. The Hall–Kier alpha value is -1.61. The summed E-state index contributed by atoms with van der Waals surface area (Å²) in [7, 11) is 0. The van der Waals surface area contributed by atoms with E-state index in [1.165, 1.54) is 13.0 Å². The zero-order valence-corrected chi connectivity index (χ0v) is 7.84. The van der Waals surface area contributed by atoms with Crippen molar-refractivity contribution in [3.63, 3.8) is 0 Å². The monoisotopic (exact) mass is 192 g/mol. The van der Waals surface area contributed by atoms with Crippen LogP contribution in [0.25, 0.3) is 0 Å². The van der Waals surface area contributed by atoms with E-state index in [-0.39, 0.29) is 5.57 Å². The number of benzene rings is 1. The van der Waals surface area contributed by atoms with Gasteiger partial charge in [0, 0.05) is 5.57 Å². The first kappa shape index (κ1) is 10.5. The minimum absolute atomic E-state index is 0.140. The maximum atomic E-state index is 10.5. The number of carboxylic acids is 1. The molecule has 74 valence electrons. The minimum Gasteiger partial charge on any atom is -0.478 e. The van der Waals surface area contributed by atoms with Crippen LogP contribution in [0, 0.1) is 0 Å². The van der Waals surface area contributed by atoms with Crippen LogP contribution in [0.1, 0.15) is 18.6 Å². The number of carbonyl (C=O) groups is 1. The number of aliphatic hydroxyl groups is 1. The van der Waals surface area contributed by atoms with E-state index in [9.17, 15) is 9.90 Å². The molecule has 1 rings (SSSR count). The molecular formula is C11H12O3. The maximum Gasteiger partial charge on any atom is 0.331 e. The molecule has 0 fully saturated rings. The highest BCUT2D eigenvalue weighted by Crippen LogP contribution is 2.15. The second-order valence-corrected chi connectivity index (χ2v) is 3.01. The lowest BCUT2D eigenvalue weighted by molar-refractivity contribution is -0.132. The van der Waals surface area contributed by atoms with Crippen LogP contribution in [0.3, 0.4) is 0 Å². The van der Waals surface area contributed by atoms with Crippen molar-refractivity contribution in [2.45, 2.75) is 13.0 Å². The van der Waals surface area contributed by atoms with Gasteiger partial charge in [0.2, 0.25) is 0 Å². The van der Waals surface area contributed by atoms with E-state index in [1.807, 2.05) is 6.07 Å². The molecule has 2 N–H and O–H groups in total. The van der Waals surface area contributed by atoms with E-state index in [2.05, 4.69) is 0 Å². The van der Waals surface area contributed by atoms with Gasteiger partial charge in [-0.1, -0.05) is 30.3 Å². The Bertz CT molecular complexity index is 341.